The number of halogens is 1. The fourth-order valence-electron chi connectivity index (χ4n) is 1.07. The molecule has 0 saturated carbocycles. The van der Waals surface area contributed by atoms with Crippen LogP contribution in [0.3, 0.4) is 0 Å². The lowest BCUT2D eigenvalue weighted by Crippen LogP contribution is -2.22. The molecule has 1 aromatic carbocycles. The fraction of sp³-hybridized carbons (Fsp3) is 0.200. The van der Waals surface area contributed by atoms with Crippen molar-refractivity contribution in [2.75, 3.05) is 11.9 Å². The van der Waals surface area contributed by atoms with Crippen LogP contribution in [0, 0.1) is 0 Å². The second-order valence-electron chi connectivity index (χ2n) is 3.05. The highest BCUT2D eigenvalue weighted by Crippen LogP contribution is 2.23. The van der Waals surface area contributed by atoms with Crippen LogP contribution in [-0.4, -0.2) is 24.0 Å². The lowest BCUT2D eigenvalue weighted by molar-refractivity contribution is -0.116. The molecule has 0 aliphatic heterocycles. The molecule has 1 N–H and O–H groups in total. The third-order valence-electron chi connectivity index (χ3n) is 2.04. The van der Waals surface area contributed by atoms with Gasteiger partial charge in [0.15, 0.2) is 0 Å². The van der Waals surface area contributed by atoms with Crippen LogP contribution in [0.4, 0.5) is 5.69 Å². The summed E-state index contributed by atoms with van der Waals surface area (Å²) in [6, 6.07) is 4.36. The minimum absolute atomic E-state index is 0.0253. The van der Waals surface area contributed by atoms with Gasteiger partial charge in [-0.05, 0) is 18.2 Å². The fourth-order valence-corrected chi connectivity index (χ4v) is 1.32. The van der Waals surface area contributed by atoms with Crippen LogP contribution in [-0.2, 0) is 4.79 Å². The van der Waals surface area contributed by atoms with Crippen molar-refractivity contribution in [1.29, 1.82) is 0 Å². The van der Waals surface area contributed by atoms with E-state index in [0.717, 1.165) is 0 Å². The van der Waals surface area contributed by atoms with Crippen LogP contribution in [0.2, 0.25) is 5.02 Å². The maximum atomic E-state index is 11.0. The molecule has 0 saturated heterocycles. The molecule has 0 aliphatic carbocycles. The summed E-state index contributed by atoms with van der Waals surface area (Å²) in [5.41, 5.74) is 0.592. The van der Waals surface area contributed by atoms with Crippen LogP contribution in [0.15, 0.2) is 18.2 Å². The van der Waals surface area contributed by atoms with Gasteiger partial charge in [-0.15, -0.1) is 0 Å². The van der Waals surface area contributed by atoms with Crippen molar-refractivity contribution in [1.82, 2.24) is 0 Å². The smallest absolute Gasteiger partial charge is 0.337 e. The second kappa shape index (κ2) is 4.31. The molecule has 1 aromatic rings. The molecule has 0 spiro atoms. The summed E-state index contributed by atoms with van der Waals surface area (Å²) >= 11 is 5.75. The molecular formula is C10H10ClNO3. The first-order valence-corrected chi connectivity index (χ1v) is 4.58. The minimum atomic E-state index is -1.09. The topological polar surface area (TPSA) is 57.6 Å². The summed E-state index contributed by atoms with van der Waals surface area (Å²) < 4.78 is 0. The molecule has 0 fully saturated rings. The highest BCUT2D eigenvalue weighted by atomic mass is 35.5. The molecule has 0 atom stereocenters. The van der Waals surface area contributed by atoms with Crippen LogP contribution in [0.5, 0.6) is 0 Å². The van der Waals surface area contributed by atoms with Gasteiger partial charge in [0.25, 0.3) is 0 Å². The van der Waals surface area contributed by atoms with E-state index in [1.54, 1.807) is 7.05 Å². The number of carboxylic acid groups (broad SMARTS) is 1. The summed E-state index contributed by atoms with van der Waals surface area (Å²) in [4.78, 5) is 23.1. The Labute approximate surface area is 92.1 Å². The summed E-state index contributed by atoms with van der Waals surface area (Å²) in [6.07, 6.45) is 0. The van der Waals surface area contributed by atoms with E-state index in [4.69, 9.17) is 16.7 Å². The first-order valence-electron chi connectivity index (χ1n) is 4.20. The summed E-state index contributed by atoms with van der Waals surface area (Å²) in [6.45, 7) is 1.42. The van der Waals surface area contributed by atoms with Crippen molar-refractivity contribution in [2.45, 2.75) is 6.92 Å². The molecule has 0 aliphatic rings. The quantitative estimate of drug-likeness (QED) is 0.841. The van der Waals surface area contributed by atoms with Gasteiger partial charge in [0.1, 0.15) is 0 Å². The zero-order valence-corrected chi connectivity index (χ0v) is 9.08. The predicted molar refractivity (Wildman–Crippen MR) is 57.5 cm³/mol. The highest BCUT2D eigenvalue weighted by molar-refractivity contribution is 6.33. The third kappa shape index (κ3) is 2.47. The van der Waals surface area contributed by atoms with Crippen molar-refractivity contribution < 1.29 is 14.7 Å². The number of carbonyl (C=O) groups excluding carboxylic acids is 1. The Kier molecular flexibility index (Phi) is 3.31. The Balaban J connectivity index is 3.12. The highest BCUT2D eigenvalue weighted by Gasteiger charge is 2.11. The van der Waals surface area contributed by atoms with E-state index in [9.17, 15) is 9.59 Å². The Bertz CT molecular complexity index is 417. The number of anilines is 1. The van der Waals surface area contributed by atoms with Crippen LogP contribution in [0.25, 0.3) is 0 Å². The molecule has 5 heteroatoms. The number of aromatic carboxylic acids is 1. The number of hydrogen-bond donors (Lipinski definition) is 1. The third-order valence-corrected chi connectivity index (χ3v) is 2.36. The standard InChI is InChI=1S/C10H10ClNO3/c1-6(13)12(2)7-3-4-8(10(14)15)9(11)5-7/h3-5H,1-2H3,(H,14,15). The molecule has 0 radical (unpaired) electrons. The van der Waals surface area contributed by atoms with Crippen LogP contribution < -0.4 is 4.90 Å². The van der Waals surface area contributed by atoms with Gasteiger partial charge in [0, 0.05) is 19.7 Å². The molecule has 0 heterocycles. The first-order chi connectivity index (χ1) is 6.93. The molecule has 15 heavy (non-hydrogen) atoms. The molecule has 0 bridgehead atoms. The number of hydrogen-bond acceptors (Lipinski definition) is 2. The van der Waals surface area contributed by atoms with Crippen molar-refractivity contribution in [3.05, 3.63) is 28.8 Å². The van der Waals surface area contributed by atoms with Crippen molar-refractivity contribution >= 4 is 29.2 Å². The summed E-state index contributed by atoms with van der Waals surface area (Å²) in [7, 11) is 1.59. The minimum Gasteiger partial charge on any atom is -0.478 e. The lowest BCUT2D eigenvalue weighted by Gasteiger charge is -2.15. The Hall–Kier alpha value is -1.55. The molecule has 80 valence electrons. The zero-order valence-electron chi connectivity index (χ0n) is 8.32. The van der Waals surface area contributed by atoms with Gasteiger partial charge >= 0.3 is 5.97 Å². The van der Waals surface area contributed by atoms with Crippen molar-refractivity contribution in [2.24, 2.45) is 0 Å². The van der Waals surface area contributed by atoms with Crippen LogP contribution in [0.1, 0.15) is 17.3 Å². The van der Waals surface area contributed by atoms with Gasteiger partial charge < -0.3 is 10.0 Å². The van der Waals surface area contributed by atoms with Crippen molar-refractivity contribution in [3.8, 4) is 0 Å². The zero-order chi connectivity index (χ0) is 11.6. The monoisotopic (exact) mass is 227 g/mol. The van der Waals surface area contributed by atoms with Gasteiger partial charge in [-0.1, -0.05) is 11.6 Å². The maximum Gasteiger partial charge on any atom is 0.337 e. The van der Waals surface area contributed by atoms with Gasteiger partial charge in [0.2, 0.25) is 5.91 Å². The van der Waals surface area contributed by atoms with E-state index in [1.807, 2.05) is 0 Å². The van der Waals surface area contributed by atoms with E-state index in [0.29, 0.717) is 5.69 Å². The van der Waals surface area contributed by atoms with E-state index < -0.39 is 5.97 Å². The predicted octanol–water partition coefficient (Wildman–Crippen LogP) is 2.02. The van der Waals surface area contributed by atoms with E-state index >= 15 is 0 Å². The molecule has 0 unspecified atom stereocenters. The molecule has 4 nitrogen and oxygen atoms in total. The lowest BCUT2D eigenvalue weighted by atomic mass is 10.2. The number of benzene rings is 1. The number of nitrogens with zero attached hydrogens (tertiary/aromatic N) is 1. The largest absolute Gasteiger partial charge is 0.478 e. The normalized spacial score (nSPS) is 9.80. The molecular weight excluding hydrogens is 218 g/mol. The van der Waals surface area contributed by atoms with E-state index in [1.165, 1.54) is 30.0 Å². The average Bonchev–Trinajstić information content (AvgIpc) is 2.15. The molecule has 0 aromatic heterocycles. The van der Waals surface area contributed by atoms with Gasteiger partial charge in [-0.3, -0.25) is 4.79 Å². The Morgan fingerprint density at radius 2 is 2.00 bits per heavy atom. The summed E-state index contributed by atoms with van der Waals surface area (Å²) in [5, 5.41) is 8.86. The number of rotatable bonds is 2. The van der Waals surface area contributed by atoms with Gasteiger partial charge in [0.05, 0.1) is 10.6 Å². The molecule has 1 amide bonds. The maximum absolute atomic E-state index is 11.0. The first kappa shape index (κ1) is 11.5. The van der Waals surface area contributed by atoms with Gasteiger partial charge in [-0.2, -0.15) is 0 Å². The van der Waals surface area contributed by atoms with E-state index in [-0.39, 0.29) is 16.5 Å². The second-order valence-corrected chi connectivity index (χ2v) is 3.45. The number of carbonyl (C=O) groups is 2. The SMILES string of the molecule is CC(=O)N(C)c1ccc(C(=O)O)c(Cl)c1. The van der Waals surface area contributed by atoms with E-state index in [2.05, 4.69) is 0 Å². The van der Waals surface area contributed by atoms with Crippen molar-refractivity contribution in [3.63, 3.8) is 0 Å². The molecule has 1 rings (SSSR count). The average molecular weight is 228 g/mol. The summed E-state index contributed by atoms with van der Waals surface area (Å²) in [5.74, 6) is -1.23. The van der Waals surface area contributed by atoms with Gasteiger partial charge in [-0.25, -0.2) is 4.79 Å². The Morgan fingerprint density at radius 3 is 2.40 bits per heavy atom. The Morgan fingerprint density at radius 1 is 1.40 bits per heavy atom. The number of carboxylic acids is 1. The van der Waals surface area contributed by atoms with Crippen LogP contribution >= 0.6 is 11.6 Å². The number of amides is 1.